The van der Waals surface area contributed by atoms with E-state index in [1.165, 1.54) is 5.56 Å². The van der Waals surface area contributed by atoms with E-state index in [1.807, 2.05) is 36.7 Å². The molecule has 2 aromatic carbocycles. The average Bonchev–Trinajstić information content (AvgIpc) is 2.97. The van der Waals surface area contributed by atoms with Gasteiger partial charge < -0.3 is 10.3 Å². The lowest BCUT2D eigenvalue weighted by atomic mass is 10.1. The Bertz CT molecular complexity index is 715. The van der Waals surface area contributed by atoms with Gasteiger partial charge in [-0.1, -0.05) is 35.9 Å². The standard InChI is InChI=1S/C17H16ClN3/c18-16-7-5-15(6-8-16)17-20-9-10-21(17)12-14-3-1-13(11-19)2-4-14/h1-10H,11-12,19H2. The zero-order valence-corrected chi connectivity index (χ0v) is 12.3. The lowest BCUT2D eigenvalue weighted by Crippen LogP contribution is -2.02. The van der Waals surface area contributed by atoms with Gasteiger partial charge in [-0.2, -0.15) is 0 Å². The molecule has 2 N–H and O–H groups in total. The third-order valence-corrected chi connectivity index (χ3v) is 3.68. The molecule has 0 aliphatic heterocycles. The van der Waals surface area contributed by atoms with E-state index in [1.54, 1.807) is 0 Å². The molecule has 0 radical (unpaired) electrons. The smallest absolute Gasteiger partial charge is 0.140 e. The van der Waals surface area contributed by atoms with Crippen LogP contribution >= 0.6 is 11.6 Å². The van der Waals surface area contributed by atoms with Crippen LogP contribution in [0.5, 0.6) is 0 Å². The molecule has 0 saturated heterocycles. The van der Waals surface area contributed by atoms with Crippen molar-refractivity contribution in [1.82, 2.24) is 9.55 Å². The second-order valence-corrected chi connectivity index (χ2v) is 5.34. The number of nitrogens with two attached hydrogens (primary N) is 1. The van der Waals surface area contributed by atoms with Crippen molar-refractivity contribution in [3.8, 4) is 11.4 Å². The zero-order chi connectivity index (χ0) is 14.7. The Morgan fingerprint density at radius 1 is 0.952 bits per heavy atom. The molecule has 0 fully saturated rings. The Labute approximate surface area is 129 Å². The fourth-order valence-electron chi connectivity index (χ4n) is 2.27. The number of hydrogen-bond acceptors (Lipinski definition) is 2. The maximum atomic E-state index is 5.93. The molecule has 0 aliphatic rings. The van der Waals surface area contributed by atoms with Gasteiger partial charge in [-0.15, -0.1) is 0 Å². The molecule has 0 spiro atoms. The Morgan fingerprint density at radius 2 is 1.62 bits per heavy atom. The van der Waals surface area contributed by atoms with Crippen molar-refractivity contribution < 1.29 is 0 Å². The molecular formula is C17H16ClN3. The summed E-state index contributed by atoms with van der Waals surface area (Å²) in [5, 5.41) is 0.731. The average molecular weight is 298 g/mol. The van der Waals surface area contributed by atoms with Crippen LogP contribution in [0.2, 0.25) is 5.02 Å². The minimum atomic E-state index is 0.571. The third-order valence-electron chi connectivity index (χ3n) is 3.43. The number of rotatable bonds is 4. The molecule has 1 aromatic heterocycles. The highest BCUT2D eigenvalue weighted by Gasteiger charge is 2.06. The molecule has 106 valence electrons. The molecule has 1 heterocycles. The summed E-state index contributed by atoms with van der Waals surface area (Å²) in [6, 6.07) is 16.1. The highest BCUT2D eigenvalue weighted by molar-refractivity contribution is 6.30. The van der Waals surface area contributed by atoms with Gasteiger partial charge in [0.15, 0.2) is 0 Å². The van der Waals surface area contributed by atoms with Gasteiger partial charge in [0.2, 0.25) is 0 Å². The van der Waals surface area contributed by atoms with E-state index in [-0.39, 0.29) is 0 Å². The summed E-state index contributed by atoms with van der Waals surface area (Å²) in [5.74, 6) is 0.939. The topological polar surface area (TPSA) is 43.8 Å². The summed E-state index contributed by atoms with van der Waals surface area (Å²) < 4.78 is 2.13. The molecule has 0 atom stereocenters. The Morgan fingerprint density at radius 3 is 2.29 bits per heavy atom. The quantitative estimate of drug-likeness (QED) is 0.798. The van der Waals surface area contributed by atoms with E-state index in [4.69, 9.17) is 17.3 Å². The molecule has 3 aromatic rings. The number of hydrogen-bond donors (Lipinski definition) is 1. The Kier molecular flexibility index (Phi) is 4.04. The Balaban J connectivity index is 1.86. The van der Waals surface area contributed by atoms with Crippen LogP contribution in [0.25, 0.3) is 11.4 Å². The summed E-state index contributed by atoms with van der Waals surface area (Å²) in [7, 11) is 0. The molecule has 0 aliphatic carbocycles. The van der Waals surface area contributed by atoms with Crippen LogP contribution in [-0.4, -0.2) is 9.55 Å². The van der Waals surface area contributed by atoms with Crippen LogP contribution < -0.4 is 5.73 Å². The summed E-state index contributed by atoms with van der Waals surface area (Å²) in [4.78, 5) is 4.45. The van der Waals surface area contributed by atoms with Crippen molar-refractivity contribution in [2.24, 2.45) is 5.73 Å². The number of halogens is 1. The maximum Gasteiger partial charge on any atom is 0.140 e. The molecule has 21 heavy (non-hydrogen) atoms. The summed E-state index contributed by atoms with van der Waals surface area (Å²) >= 11 is 5.93. The molecule has 3 rings (SSSR count). The van der Waals surface area contributed by atoms with Crippen LogP contribution in [0.15, 0.2) is 60.9 Å². The first-order valence-electron chi connectivity index (χ1n) is 6.81. The number of imidazole rings is 1. The minimum Gasteiger partial charge on any atom is -0.327 e. The molecular weight excluding hydrogens is 282 g/mol. The van der Waals surface area contributed by atoms with Gasteiger partial charge in [-0.25, -0.2) is 4.98 Å². The second kappa shape index (κ2) is 6.12. The van der Waals surface area contributed by atoms with Crippen LogP contribution in [0.3, 0.4) is 0 Å². The van der Waals surface area contributed by atoms with Gasteiger partial charge in [0.05, 0.1) is 0 Å². The predicted octanol–water partition coefficient (Wildman–Crippen LogP) is 3.71. The van der Waals surface area contributed by atoms with Gasteiger partial charge in [-0.3, -0.25) is 0 Å². The van der Waals surface area contributed by atoms with E-state index in [0.717, 1.165) is 28.5 Å². The lowest BCUT2D eigenvalue weighted by molar-refractivity contribution is 0.806. The zero-order valence-electron chi connectivity index (χ0n) is 11.5. The highest BCUT2D eigenvalue weighted by atomic mass is 35.5. The fraction of sp³-hybridized carbons (Fsp3) is 0.118. The van der Waals surface area contributed by atoms with Crippen molar-refractivity contribution in [2.45, 2.75) is 13.1 Å². The first-order valence-corrected chi connectivity index (χ1v) is 7.19. The van der Waals surface area contributed by atoms with Crippen LogP contribution in [0.1, 0.15) is 11.1 Å². The fourth-order valence-corrected chi connectivity index (χ4v) is 2.40. The largest absolute Gasteiger partial charge is 0.327 e. The van der Waals surface area contributed by atoms with Crippen molar-refractivity contribution in [1.29, 1.82) is 0 Å². The summed E-state index contributed by atoms with van der Waals surface area (Å²) in [6.45, 7) is 1.35. The van der Waals surface area contributed by atoms with Crippen LogP contribution in [0.4, 0.5) is 0 Å². The summed E-state index contributed by atoms with van der Waals surface area (Å²) in [5.41, 5.74) is 9.04. The van der Waals surface area contributed by atoms with Gasteiger partial charge in [0.25, 0.3) is 0 Å². The van der Waals surface area contributed by atoms with Crippen LogP contribution in [-0.2, 0) is 13.1 Å². The van der Waals surface area contributed by atoms with Crippen molar-refractivity contribution in [3.05, 3.63) is 77.1 Å². The SMILES string of the molecule is NCc1ccc(Cn2ccnc2-c2ccc(Cl)cc2)cc1. The first kappa shape index (κ1) is 13.9. The van der Waals surface area contributed by atoms with Crippen molar-refractivity contribution in [3.63, 3.8) is 0 Å². The highest BCUT2D eigenvalue weighted by Crippen LogP contribution is 2.21. The van der Waals surface area contributed by atoms with Crippen molar-refractivity contribution >= 4 is 11.6 Å². The van der Waals surface area contributed by atoms with E-state index in [2.05, 4.69) is 33.8 Å². The van der Waals surface area contributed by atoms with E-state index < -0.39 is 0 Å². The summed E-state index contributed by atoms with van der Waals surface area (Å²) in [6.07, 6.45) is 3.80. The molecule has 0 saturated carbocycles. The predicted molar refractivity (Wildman–Crippen MR) is 86.1 cm³/mol. The molecule has 3 nitrogen and oxygen atoms in total. The van der Waals surface area contributed by atoms with Crippen LogP contribution in [0, 0.1) is 0 Å². The lowest BCUT2D eigenvalue weighted by Gasteiger charge is -2.09. The van der Waals surface area contributed by atoms with E-state index >= 15 is 0 Å². The van der Waals surface area contributed by atoms with Gasteiger partial charge in [0.1, 0.15) is 5.82 Å². The number of nitrogens with zero attached hydrogens (tertiary/aromatic N) is 2. The number of benzene rings is 2. The third kappa shape index (κ3) is 3.15. The molecule has 0 unspecified atom stereocenters. The van der Waals surface area contributed by atoms with Gasteiger partial charge >= 0.3 is 0 Å². The van der Waals surface area contributed by atoms with Gasteiger partial charge in [-0.05, 0) is 35.4 Å². The Hall–Kier alpha value is -2.10. The van der Waals surface area contributed by atoms with E-state index in [9.17, 15) is 0 Å². The molecule has 4 heteroatoms. The second-order valence-electron chi connectivity index (χ2n) is 4.91. The normalized spacial score (nSPS) is 10.8. The molecule has 0 bridgehead atoms. The number of aromatic nitrogens is 2. The van der Waals surface area contributed by atoms with E-state index in [0.29, 0.717) is 6.54 Å². The maximum absolute atomic E-state index is 5.93. The molecule has 0 amide bonds. The monoisotopic (exact) mass is 297 g/mol. The van der Waals surface area contributed by atoms with Crippen molar-refractivity contribution in [2.75, 3.05) is 0 Å². The first-order chi connectivity index (χ1) is 10.3. The minimum absolute atomic E-state index is 0.571. The van der Waals surface area contributed by atoms with Gasteiger partial charge in [0, 0.05) is 36.1 Å².